The van der Waals surface area contributed by atoms with E-state index in [0.29, 0.717) is 51.9 Å². The molecule has 2 saturated heterocycles. The van der Waals surface area contributed by atoms with Gasteiger partial charge >= 0.3 is 0 Å². The first kappa shape index (κ1) is 34.2. The molecule has 0 aromatic heterocycles. The first-order valence-corrected chi connectivity index (χ1v) is 17.3. The van der Waals surface area contributed by atoms with E-state index in [1.807, 2.05) is 55.5 Å². The summed E-state index contributed by atoms with van der Waals surface area (Å²) < 4.78 is 6.14. The molecule has 4 bridgehead atoms. The van der Waals surface area contributed by atoms with Crippen molar-refractivity contribution in [3.8, 4) is 5.75 Å². The fourth-order valence-electron chi connectivity index (χ4n) is 6.65. The van der Waals surface area contributed by atoms with Gasteiger partial charge in [-0.2, -0.15) is 12.6 Å². The predicted octanol–water partition coefficient (Wildman–Crippen LogP) is 2.32. The van der Waals surface area contributed by atoms with Crippen molar-refractivity contribution in [3.63, 3.8) is 0 Å². The molecule has 0 saturated carbocycles. The average Bonchev–Trinajstić information content (AvgIpc) is 3.08. The van der Waals surface area contributed by atoms with Crippen LogP contribution in [0.15, 0.2) is 48.5 Å². The molecule has 3 amide bonds. The highest BCUT2D eigenvalue weighted by Gasteiger charge is 2.39. The van der Waals surface area contributed by atoms with Crippen LogP contribution in [0.3, 0.4) is 0 Å². The highest BCUT2D eigenvalue weighted by molar-refractivity contribution is 7.82. The van der Waals surface area contributed by atoms with E-state index in [2.05, 4.69) is 21.3 Å². The van der Waals surface area contributed by atoms with Gasteiger partial charge in [0, 0.05) is 25.6 Å². The molecule has 46 heavy (non-hydrogen) atoms. The number of amides is 3. The first-order valence-electron chi connectivity index (χ1n) is 16.7. The van der Waals surface area contributed by atoms with Crippen LogP contribution >= 0.6 is 12.6 Å². The van der Waals surface area contributed by atoms with E-state index in [0.717, 1.165) is 54.8 Å². The first-order chi connectivity index (χ1) is 22.3. The highest BCUT2D eigenvalue weighted by atomic mass is 32.1. The van der Waals surface area contributed by atoms with Gasteiger partial charge in [-0.05, 0) is 99.7 Å². The predicted molar refractivity (Wildman–Crippen MR) is 180 cm³/mol. The van der Waals surface area contributed by atoms with Gasteiger partial charge < -0.3 is 30.7 Å². The lowest BCUT2D eigenvalue weighted by Crippen LogP contribution is -2.61. The van der Waals surface area contributed by atoms with Crippen LogP contribution in [0.4, 0.5) is 0 Å². The second kappa shape index (κ2) is 16.6. The van der Waals surface area contributed by atoms with E-state index in [-0.39, 0.29) is 23.7 Å². The van der Waals surface area contributed by atoms with Crippen molar-refractivity contribution in [2.45, 2.75) is 82.0 Å². The van der Waals surface area contributed by atoms with E-state index in [1.54, 1.807) is 4.90 Å². The third kappa shape index (κ3) is 9.24. The normalized spacial score (nSPS) is 27.1. The summed E-state index contributed by atoms with van der Waals surface area (Å²) in [6, 6.07) is 13.9. The number of carbonyl (C=O) groups excluding carboxylic acids is 3. The molecular weight excluding hydrogens is 602 g/mol. The number of aryl methyl sites for hydroxylation is 2. The zero-order chi connectivity index (χ0) is 32.5. The van der Waals surface area contributed by atoms with E-state index >= 15 is 0 Å². The quantitative estimate of drug-likeness (QED) is 0.274. The molecule has 5 N–H and O–H groups in total. The molecule has 2 aromatic rings. The molecule has 3 heterocycles. The maximum Gasteiger partial charge on any atom is 0.244 e. The molecule has 0 spiro atoms. The Hall–Kier alpha value is -3.12. The lowest BCUT2D eigenvalue weighted by Gasteiger charge is -2.36. The number of thiol groups is 1. The van der Waals surface area contributed by atoms with E-state index in [1.165, 1.54) is 0 Å². The molecule has 3 aliphatic rings. The fraction of sp³-hybridized carbons (Fsp3) is 0.571. The summed E-state index contributed by atoms with van der Waals surface area (Å²) in [7, 11) is 0. The zero-order valence-corrected chi connectivity index (χ0v) is 27.6. The smallest absolute Gasteiger partial charge is 0.244 e. The molecular formula is C35H49N5O5S. The lowest BCUT2D eigenvalue weighted by atomic mass is 9.94. The van der Waals surface area contributed by atoms with Gasteiger partial charge in [-0.1, -0.05) is 36.4 Å². The number of nitrogens with zero attached hydrogens (tertiary/aromatic N) is 1. The number of fused-ring (bicyclic) bond motifs is 4. The number of benzene rings is 2. The van der Waals surface area contributed by atoms with Crippen LogP contribution in [0.5, 0.6) is 5.75 Å². The van der Waals surface area contributed by atoms with Crippen molar-refractivity contribution < 1.29 is 24.2 Å². The van der Waals surface area contributed by atoms with Gasteiger partial charge in [0.15, 0.2) is 0 Å². The summed E-state index contributed by atoms with van der Waals surface area (Å²) >= 11 is 4.71. The summed E-state index contributed by atoms with van der Waals surface area (Å²) in [5.41, 5.74) is 3.12. The van der Waals surface area contributed by atoms with Crippen molar-refractivity contribution in [2.75, 3.05) is 32.8 Å². The molecule has 5 rings (SSSR count). The number of carbonyl (C=O) groups is 3. The standard InChI is InChI=1S/C35H49N5O5S/c1-23-9-11-28-20-27(23)21-37-33(42)29(12-10-24-6-3-2-4-7-24)38-34(43)30(39-32(41)26-13-16-36-17-14-26)31(46)35(44)40-18-5-8-25(22-40)15-19-45-28/h2-4,6-7,9,11,20,25-26,29-31,33,36-37,42,46H,5,8,10,12-19,21-22H2,1H3,(H,38,43)(H,39,41)/t25?,29-,30-,31?,33?/m0/s1. The number of hydrogen-bond acceptors (Lipinski definition) is 8. The van der Waals surface area contributed by atoms with Crippen LogP contribution in [0.25, 0.3) is 0 Å². The summed E-state index contributed by atoms with van der Waals surface area (Å²) in [5, 5.41) is 22.7. The van der Waals surface area contributed by atoms with Crippen molar-refractivity contribution in [1.29, 1.82) is 0 Å². The SMILES string of the molecule is Cc1ccc2cc1CNC(O)[C@H](CCc1ccccc1)NC(=O)[C@@H](NC(=O)C1CCNCC1)C(S)C(=O)N1CCCC(CCO2)C1. The number of hydrogen-bond donors (Lipinski definition) is 6. The Morgan fingerprint density at radius 3 is 2.65 bits per heavy atom. The van der Waals surface area contributed by atoms with Gasteiger partial charge in [0.1, 0.15) is 23.3 Å². The molecule has 2 fully saturated rings. The van der Waals surface area contributed by atoms with Crippen molar-refractivity contribution in [2.24, 2.45) is 11.8 Å². The van der Waals surface area contributed by atoms with Crippen molar-refractivity contribution >= 4 is 30.4 Å². The van der Waals surface area contributed by atoms with Crippen LogP contribution < -0.4 is 26.0 Å². The van der Waals surface area contributed by atoms with E-state index < -0.39 is 29.5 Å². The Labute approximate surface area is 277 Å². The van der Waals surface area contributed by atoms with Gasteiger partial charge in [-0.25, -0.2) is 0 Å². The topological polar surface area (TPSA) is 132 Å². The van der Waals surface area contributed by atoms with Crippen LogP contribution in [-0.4, -0.2) is 84.1 Å². The minimum absolute atomic E-state index is 0.251. The maximum atomic E-state index is 14.1. The minimum Gasteiger partial charge on any atom is -0.494 e. The molecule has 0 aliphatic carbocycles. The van der Waals surface area contributed by atoms with Gasteiger partial charge in [0.05, 0.1) is 12.6 Å². The van der Waals surface area contributed by atoms with Gasteiger partial charge in [0.2, 0.25) is 17.7 Å². The molecule has 0 radical (unpaired) electrons. The number of piperidine rings is 2. The fourth-order valence-corrected chi connectivity index (χ4v) is 7.02. The summed E-state index contributed by atoms with van der Waals surface area (Å²) in [6.45, 7) is 5.48. The highest BCUT2D eigenvalue weighted by Crippen LogP contribution is 2.24. The number of aliphatic hydroxyl groups excluding tert-OH is 1. The van der Waals surface area contributed by atoms with Gasteiger partial charge in [-0.3, -0.25) is 19.7 Å². The molecule has 5 atom stereocenters. The Bertz CT molecular complexity index is 1320. The van der Waals surface area contributed by atoms with Crippen LogP contribution in [0.1, 0.15) is 55.2 Å². The second-order valence-electron chi connectivity index (χ2n) is 12.9. The summed E-state index contributed by atoms with van der Waals surface area (Å²) in [4.78, 5) is 43.2. The second-order valence-corrected chi connectivity index (χ2v) is 13.5. The molecule has 250 valence electrons. The van der Waals surface area contributed by atoms with Gasteiger partial charge in [0.25, 0.3) is 0 Å². The largest absolute Gasteiger partial charge is 0.494 e. The monoisotopic (exact) mass is 651 g/mol. The van der Waals surface area contributed by atoms with Gasteiger partial charge in [-0.15, -0.1) is 0 Å². The lowest BCUT2D eigenvalue weighted by molar-refractivity contribution is -0.138. The van der Waals surface area contributed by atoms with E-state index in [4.69, 9.17) is 17.4 Å². The summed E-state index contributed by atoms with van der Waals surface area (Å²) in [5.74, 6) is -0.285. The Balaban J connectivity index is 1.42. The Kier molecular flexibility index (Phi) is 12.4. The number of ether oxygens (including phenoxy) is 1. The molecule has 11 heteroatoms. The molecule has 10 nitrogen and oxygen atoms in total. The van der Waals surface area contributed by atoms with Crippen LogP contribution in [0.2, 0.25) is 0 Å². The molecule has 3 unspecified atom stereocenters. The molecule has 2 aromatic carbocycles. The van der Waals surface area contributed by atoms with Crippen LogP contribution in [0, 0.1) is 18.8 Å². The number of aliphatic hydroxyl groups is 1. The third-order valence-corrected chi connectivity index (χ3v) is 10.1. The average molecular weight is 652 g/mol. The summed E-state index contributed by atoms with van der Waals surface area (Å²) in [6.07, 6.45) is 3.88. The van der Waals surface area contributed by atoms with Crippen molar-refractivity contribution in [1.82, 2.24) is 26.2 Å². The van der Waals surface area contributed by atoms with Crippen molar-refractivity contribution in [3.05, 3.63) is 65.2 Å². The maximum absolute atomic E-state index is 14.1. The minimum atomic E-state index is -1.20. The number of rotatable bonds is 5. The Morgan fingerprint density at radius 1 is 1.09 bits per heavy atom. The van der Waals surface area contributed by atoms with E-state index in [9.17, 15) is 19.5 Å². The zero-order valence-electron chi connectivity index (χ0n) is 26.7. The van der Waals surface area contributed by atoms with Crippen LogP contribution in [-0.2, 0) is 27.3 Å². The third-order valence-electron chi connectivity index (χ3n) is 9.60. The number of nitrogens with one attached hydrogen (secondary N) is 4. The Morgan fingerprint density at radius 2 is 1.87 bits per heavy atom. The molecule has 3 aliphatic heterocycles.